The van der Waals surface area contributed by atoms with Gasteiger partial charge in [-0.25, -0.2) is 18.4 Å². The first-order valence-electron chi connectivity index (χ1n) is 19.4. The highest BCUT2D eigenvalue weighted by molar-refractivity contribution is 5.88. The number of carboxylic acids is 1. The maximum Gasteiger partial charge on any atom is 0.335 e. The first-order chi connectivity index (χ1) is 27.1. The summed E-state index contributed by atoms with van der Waals surface area (Å²) in [6.45, 7) is 6.06. The Morgan fingerprint density at radius 2 is 1.70 bits per heavy atom. The van der Waals surface area contributed by atoms with Gasteiger partial charge in [-0.05, 0) is 73.2 Å². The van der Waals surface area contributed by atoms with Crippen molar-refractivity contribution in [3.63, 3.8) is 0 Å². The van der Waals surface area contributed by atoms with Gasteiger partial charge in [-0.15, -0.1) is 0 Å². The summed E-state index contributed by atoms with van der Waals surface area (Å²) in [5.74, 6) is -0.128. The number of carboxylic acid groups (broad SMARTS) is 1. The molecule has 6 heterocycles. The number of hydrogen-bond acceptors (Lipinski definition) is 8. The minimum absolute atomic E-state index is 0.0462. The Morgan fingerprint density at radius 1 is 0.946 bits per heavy atom. The second-order valence-corrected chi connectivity index (χ2v) is 15.2. The molecule has 2 fully saturated rings. The highest BCUT2D eigenvalue weighted by Gasteiger charge is 2.36. The zero-order chi connectivity index (χ0) is 39.1. The quantitative estimate of drug-likeness (QED) is 0.262. The maximum atomic E-state index is 14.7. The summed E-state index contributed by atoms with van der Waals surface area (Å²) in [5.41, 5.74) is 6.04. The highest BCUT2D eigenvalue weighted by Crippen LogP contribution is 2.43. The third-order valence-electron chi connectivity index (χ3n) is 11.8. The van der Waals surface area contributed by atoms with Gasteiger partial charge in [0.25, 0.3) is 6.43 Å². The lowest BCUT2D eigenvalue weighted by Crippen LogP contribution is -2.51. The van der Waals surface area contributed by atoms with Crippen molar-refractivity contribution in [2.24, 2.45) is 7.05 Å². The van der Waals surface area contributed by atoms with Crippen LogP contribution < -0.4 is 15.1 Å². The first kappa shape index (κ1) is 37.4. The molecule has 8 rings (SSSR count). The predicted octanol–water partition coefficient (Wildman–Crippen LogP) is 4.69. The lowest BCUT2D eigenvalue weighted by atomic mass is 9.92. The van der Waals surface area contributed by atoms with Crippen molar-refractivity contribution in [1.29, 1.82) is 0 Å². The molecule has 2 N–H and O–H groups in total. The Bertz CT molecular complexity index is 2100. The van der Waals surface area contributed by atoms with E-state index in [0.717, 1.165) is 80.1 Å². The van der Waals surface area contributed by atoms with Gasteiger partial charge in [0.15, 0.2) is 5.82 Å². The molecule has 0 saturated carbocycles. The number of anilines is 3. The number of halogens is 2. The van der Waals surface area contributed by atoms with Gasteiger partial charge in [0.05, 0.1) is 30.9 Å². The maximum absolute atomic E-state index is 14.7. The number of aryl methyl sites for hydroxylation is 2. The van der Waals surface area contributed by atoms with Crippen LogP contribution in [0.5, 0.6) is 0 Å². The summed E-state index contributed by atoms with van der Waals surface area (Å²) in [6.07, 6.45) is 4.36. The van der Waals surface area contributed by atoms with Gasteiger partial charge in [0, 0.05) is 113 Å². The molecular weight excluding hydrogens is 723 g/mol. The smallest absolute Gasteiger partial charge is 0.335 e. The van der Waals surface area contributed by atoms with Crippen molar-refractivity contribution >= 4 is 35.1 Å². The van der Waals surface area contributed by atoms with Crippen molar-refractivity contribution < 1.29 is 28.3 Å². The van der Waals surface area contributed by atoms with E-state index in [0.29, 0.717) is 62.6 Å². The molecule has 14 nitrogen and oxygen atoms in total. The lowest BCUT2D eigenvalue weighted by Gasteiger charge is -2.38. The summed E-state index contributed by atoms with van der Waals surface area (Å²) in [4.78, 5) is 47.8. The molecule has 16 heteroatoms. The number of aromatic nitrogens is 4. The Kier molecular flexibility index (Phi) is 10.4. The fourth-order valence-corrected chi connectivity index (χ4v) is 8.77. The number of urea groups is 1. The molecule has 0 bridgehead atoms. The molecular formula is C40H48F2N10O4. The molecule has 56 heavy (non-hydrogen) atoms. The zero-order valence-corrected chi connectivity index (χ0v) is 31.8. The van der Waals surface area contributed by atoms with E-state index in [1.807, 2.05) is 23.1 Å². The SMILES string of the molecule is CNC(=O)N1CCc2c(c(N3CCCc4cc(-c5cnn(C)c5)c(C(F)F)cc43)nn2C2CCN(C(=O)CN3CCN(c4ccc(C(=O)O)cc4)CC3)CC2)C1. The number of hydrogen-bond donors (Lipinski definition) is 2. The number of rotatable bonds is 8. The summed E-state index contributed by atoms with van der Waals surface area (Å²) in [7, 11) is 3.39. The van der Waals surface area contributed by atoms with Gasteiger partial charge in [-0.1, -0.05) is 0 Å². The number of likely N-dealkylation sites (tertiary alicyclic amines) is 1. The molecule has 2 saturated heterocycles. The number of fused-ring (bicyclic) bond motifs is 2. The van der Waals surface area contributed by atoms with Crippen molar-refractivity contribution in [2.45, 2.75) is 51.1 Å². The molecule has 0 radical (unpaired) electrons. The van der Waals surface area contributed by atoms with Crippen molar-refractivity contribution in [3.05, 3.63) is 76.7 Å². The fourth-order valence-electron chi connectivity index (χ4n) is 8.77. The monoisotopic (exact) mass is 770 g/mol. The van der Waals surface area contributed by atoms with Crippen LogP contribution in [-0.4, -0.2) is 123 Å². The second kappa shape index (κ2) is 15.6. The van der Waals surface area contributed by atoms with Crippen LogP contribution in [0, 0.1) is 0 Å². The normalized spacial score (nSPS) is 17.9. The summed E-state index contributed by atoms with van der Waals surface area (Å²) in [5, 5.41) is 21.4. The molecule has 0 unspecified atom stereocenters. The molecule has 3 amide bonds. The molecule has 4 aromatic rings. The van der Waals surface area contributed by atoms with E-state index < -0.39 is 12.4 Å². The Hall–Kier alpha value is -5.51. The highest BCUT2D eigenvalue weighted by atomic mass is 19.3. The zero-order valence-electron chi connectivity index (χ0n) is 31.8. The number of piperidine rings is 1. The van der Waals surface area contributed by atoms with Crippen molar-refractivity contribution in [3.8, 4) is 11.1 Å². The number of amides is 3. The Labute approximate surface area is 324 Å². The molecule has 4 aliphatic rings. The van der Waals surface area contributed by atoms with Gasteiger partial charge >= 0.3 is 12.0 Å². The summed E-state index contributed by atoms with van der Waals surface area (Å²) < 4.78 is 33.1. The number of piperazine rings is 1. The molecule has 0 atom stereocenters. The molecule has 2 aromatic carbocycles. The molecule has 4 aliphatic heterocycles. The molecule has 0 aliphatic carbocycles. The van der Waals surface area contributed by atoms with Crippen molar-refractivity contribution in [2.75, 3.05) is 75.8 Å². The van der Waals surface area contributed by atoms with Gasteiger partial charge < -0.3 is 30.0 Å². The van der Waals surface area contributed by atoms with E-state index in [4.69, 9.17) is 5.10 Å². The van der Waals surface area contributed by atoms with Gasteiger partial charge in [-0.3, -0.25) is 19.1 Å². The van der Waals surface area contributed by atoms with Crippen LogP contribution in [0.25, 0.3) is 11.1 Å². The van der Waals surface area contributed by atoms with Gasteiger partial charge in [-0.2, -0.15) is 10.2 Å². The van der Waals surface area contributed by atoms with Crippen LogP contribution in [0.2, 0.25) is 0 Å². The summed E-state index contributed by atoms with van der Waals surface area (Å²) >= 11 is 0. The number of carbonyl (C=O) groups excluding carboxylic acids is 2. The fraction of sp³-hybridized carbons (Fsp3) is 0.475. The van der Waals surface area contributed by atoms with E-state index in [2.05, 4.69) is 29.8 Å². The van der Waals surface area contributed by atoms with Crippen molar-refractivity contribution in [1.82, 2.24) is 39.6 Å². The number of carbonyl (C=O) groups is 3. The van der Waals surface area contributed by atoms with Crippen LogP contribution in [0.4, 0.5) is 30.8 Å². The van der Waals surface area contributed by atoms with Crippen LogP contribution in [0.3, 0.4) is 0 Å². The summed E-state index contributed by atoms with van der Waals surface area (Å²) in [6, 6.07) is 10.3. The number of benzene rings is 2. The average molecular weight is 771 g/mol. The molecule has 296 valence electrons. The standard InChI is InChI=1S/C40H48F2N10O4/c1-43-40(56)50-15-11-34-33(24-50)38(51-12-3-4-27-20-31(28-22-44-46(2)23-28)32(37(41)42)21-35(27)51)45-52(34)30-9-13-49(14-10-30)36(53)25-47-16-18-48(19-17-47)29-7-5-26(6-8-29)39(54)55/h5-8,20-23,30,37H,3-4,9-19,24-25H2,1-2H3,(H,43,56)(H,54,55). The largest absolute Gasteiger partial charge is 0.478 e. The third kappa shape index (κ3) is 7.29. The first-order valence-corrected chi connectivity index (χ1v) is 19.4. The minimum Gasteiger partial charge on any atom is -0.478 e. The van der Waals surface area contributed by atoms with Crippen LogP contribution >= 0.6 is 0 Å². The predicted molar refractivity (Wildman–Crippen MR) is 207 cm³/mol. The number of nitrogens with one attached hydrogen (secondary N) is 1. The molecule has 2 aromatic heterocycles. The lowest BCUT2D eigenvalue weighted by molar-refractivity contribution is -0.133. The van der Waals surface area contributed by atoms with Crippen LogP contribution in [0.15, 0.2) is 48.8 Å². The van der Waals surface area contributed by atoms with E-state index in [1.165, 1.54) is 0 Å². The van der Waals surface area contributed by atoms with E-state index in [9.17, 15) is 28.3 Å². The molecule has 0 spiro atoms. The average Bonchev–Trinajstić information content (AvgIpc) is 3.83. The topological polar surface area (TPSA) is 135 Å². The minimum atomic E-state index is -2.68. The number of aromatic carboxylic acids is 1. The Morgan fingerprint density at radius 3 is 2.36 bits per heavy atom. The van der Waals surface area contributed by atoms with Gasteiger partial charge in [0.1, 0.15) is 0 Å². The third-order valence-corrected chi connectivity index (χ3v) is 11.8. The number of nitrogens with zero attached hydrogens (tertiary/aromatic N) is 9. The van der Waals surface area contributed by atoms with Crippen LogP contribution in [0.1, 0.15) is 64.5 Å². The van der Waals surface area contributed by atoms with E-state index in [-0.39, 0.29) is 29.1 Å². The Balaban J connectivity index is 0.981. The number of alkyl halides is 2. The van der Waals surface area contributed by atoms with Gasteiger partial charge in [0.2, 0.25) is 5.91 Å². The van der Waals surface area contributed by atoms with E-state index >= 15 is 0 Å². The van der Waals surface area contributed by atoms with E-state index in [1.54, 1.807) is 54.3 Å². The second-order valence-electron chi connectivity index (χ2n) is 15.2. The van der Waals surface area contributed by atoms with Crippen LogP contribution in [-0.2, 0) is 31.2 Å².